The molecule has 0 aliphatic heterocycles. The summed E-state index contributed by atoms with van der Waals surface area (Å²) in [5.41, 5.74) is 1.14. The highest BCUT2D eigenvalue weighted by Crippen LogP contribution is 2.31. The molecule has 0 fully saturated rings. The lowest BCUT2D eigenvalue weighted by atomic mass is 10.2. The maximum Gasteiger partial charge on any atom is 0.168 e. The molecule has 0 spiro atoms. The summed E-state index contributed by atoms with van der Waals surface area (Å²) >= 11 is 2.96. The lowest BCUT2D eigenvalue weighted by molar-refractivity contribution is -0.113. The van der Waals surface area contributed by atoms with E-state index in [1.807, 2.05) is 24.3 Å². The van der Waals surface area contributed by atoms with Gasteiger partial charge < -0.3 is 0 Å². The molecule has 0 amide bonds. The number of carbonyl (C=O) groups is 2. The highest BCUT2D eigenvalue weighted by molar-refractivity contribution is 8.03. The van der Waals surface area contributed by atoms with Crippen molar-refractivity contribution in [1.82, 2.24) is 0 Å². The molecular weight excluding hydrogens is 288 g/mol. The SMILES string of the molecule is C=C(C)C(=O)CSc1ccccc1SCC(=O)C(=C)C. The Bertz CT molecular complexity index is 498. The molecule has 0 unspecified atom stereocenters. The maximum absolute atomic E-state index is 11.6. The quantitative estimate of drug-likeness (QED) is 0.533. The highest BCUT2D eigenvalue weighted by Gasteiger charge is 2.09. The second-order valence-electron chi connectivity index (χ2n) is 4.43. The molecule has 0 aliphatic carbocycles. The lowest BCUT2D eigenvalue weighted by Gasteiger charge is -2.08. The molecule has 0 aliphatic rings. The molecule has 0 saturated carbocycles. The largest absolute Gasteiger partial charge is 0.294 e. The molecule has 2 nitrogen and oxygen atoms in total. The maximum atomic E-state index is 11.6. The van der Waals surface area contributed by atoms with E-state index >= 15 is 0 Å². The zero-order valence-corrected chi connectivity index (χ0v) is 13.4. The Hall–Kier alpha value is -1.26. The van der Waals surface area contributed by atoms with E-state index < -0.39 is 0 Å². The molecular formula is C16H18O2S2. The Morgan fingerprint density at radius 2 is 1.25 bits per heavy atom. The van der Waals surface area contributed by atoms with Crippen molar-refractivity contribution < 1.29 is 9.59 Å². The third-order valence-corrected chi connectivity index (χ3v) is 4.79. The van der Waals surface area contributed by atoms with Crippen LogP contribution in [0.1, 0.15) is 13.8 Å². The van der Waals surface area contributed by atoms with Crippen LogP contribution in [-0.4, -0.2) is 23.1 Å². The molecule has 0 aromatic heterocycles. The van der Waals surface area contributed by atoms with Crippen LogP contribution in [0, 0.1) is 0 Å². The molecule has 0 saturated heterocycles. The number of hydrogen-bond donors (Lipinski definition) is 0. The highest BCUT2D eigenvalue weighted by atomic mass is 32.2. The normalized spacial score (nSPS) is 10.1. The van der Waals surface area contributed by atoms with Gasteiger partial charge in [0.2, 0.25) is 0 Å². The van der Waals surface area contributed by atoms with Crippen molar-refractivity contribution in [3.05, 3.63) is 48.6 Å². The van der Waals surface area contributed by atoms with Crippen LogP contribution in [0.2, 0.25) is 0 Å². The van der Waals surface area contributed by atoms with E-state index in [-0.39, 0.29) is 11.6 Å². The van der Waals surface area contributed by atoms with Crippen LogP contribution in [0.4, 0.5) is 0 Å². The van der Waals surface area contributed by atoms with E-state index in [1.54, 1.807) is 13.8 Å². The van der Waals surface area contributed by atoms with Crippen LogP contribution in [-0.2, 0) is 9.59 Å². The fourth-order valence-electron chi connectivity index (χ4n) is 1.22. The van der Waals surface area contributed by atoms with E-state index in [0.717, 1.165) is 9.79 Å². The number of ketones is 2. The van der Waals surface area contributed by atoms with Crippen molar-refractivity contribution in [2.75, 3.05) is 11.5 Å². The Balaban J connectivity index is 2.68. The third kappa shape index (κ3) is 5.39. The number of thioether (sulfide) groups is 2. The summed E-state index contributed by atoms with van der Waals surface area (Å²) in [6.45, 7) is 10.7. The Morgan fingerprint density at radius 1 is 0.900 bits per heavy atom. The summed E-state index contributed by atoms with van der Waals surface area (Å²) < 4.78 is 0. The van der Waals surface area contributed by atoms with Crippen LogP contribution in [0.5, 0.6) is 0 Å². The lowest BCUT2D eigenvalue weighted by Crippen LogP contribution is -2.03. The van der Waals surface area contributed by atoms with E-state index in [2.05, 4.69) is 13.2 Å². The van der Waals surface area contributed by atoms with E-state index in [9.17, 15) is 9.59 Å². The van der Waals surface area contributed by atoms with E-state index in [4.69, 9.17) is 0 Å². The monoisotopic (exact) mass is 306 g/mol. The molecule has 0 N–H and O–H groups in total. The molecule has 106 valence electrons. The first-order chi connectivity index (χ1) is 9.41. The zero-order valence-electron chi connectivity index (χ0n) is 11.8. The minimum absolute atomic E-state index is 0.0489. The summed E-state index contributed by atoms with van der Waals surface area (Å²) in [4.78, 5) is 25.2. The summed E-state index contributed by atoms with van der Waals surface area (Å²) in [7, 11) is 0. The first kappa shape index (κ1) is 16.8. The number of rotatable bonds is 8. The van der Waals surface area contributed by atoms with Gasteiger partial charge in [0.05, 0.1) is 11.5 Å². The van der Waals surface area contributed by atoms with Crippen molar-refractivity contribution >= 4 is 35.1 Å². The summed E-state index contributed by atoms with van der Waals surface area (Å²) in [6.07, 6.45) is 0. The predicted octanol–water partition coefficient (Wildman–Crippen LogP) is 4.16. The minimum Gasteiger partial charge on any atom is -0.294 e. The molecule has 0 heterocycles. The van der Waals surface area contributed by atoms with Crippen LogP contribution < -0.4 is 0 Å². The Morgan fingerprint density at radius 3 is 1.55 bits per heavy atom. The van der Waals surface area contributed by atoms with E-state index in [1.165, 1.54) is 23.5 Å². The minimum atomic E-state index is 0.0489. The molecule has 1 rings (SSSR count). The van der Waals surface area contributed by atoms with E-state index in [0.29, 0.717) is 22.7 Å². The van der Waals surface area contributed by atoms with Gasteiger partial charge in [-0.1, -0.05) is 25.3 Å². The summed E-state index contributed by atoms with van der Waals surface area (Å²) in [5, 5.41) is 0. The summed E-state index contributed by atoms with van der Waals surface area (Å²) in [5.74, 6) is 0.850. The van der Waals surface area contributed by atoms with Gasteiger partial charge in [0, 0.05) is 9.79 Å². The van der Waals surface area contributed by atoms with Crippen LogP contribution >= 0.6 is 23.5 Å². The Kier molecular flexibility index (Phi) is 6.82. The van der Waals surface area contributed by atoms with Gasteiger partial charge in [0.15, 0.2) is 11.6 Å². The van der Waals surface area contributed by atoms with Crippen molar-refractivity contribution in [3.63, 3.8) is 0 Å². The molecule has 1 aromatic carbocycles. The second kappa shape index (κ2) is 8.12. The number of Topliss-reactive ketones (excluding diaryl/α,β-unsaturated/α-hetero) is 2. The third-order valence-electron chi connectivity index (χ3n) is 2.52. The molecule has 4 heteroatoms. The number of hydrogen-bond acceptors (Lipinski definition) is 4. The number of carbonyl (C=O) groups excluding carboxylic acids is 2. The first-order valence-corrected chi connectivity index (χ1v) is 8.11. The zero-order chi connectivity index (χ0) is 15.1. The average molecular weight is 306 g/mol. The molecule has 1 aromatic rings. The van der Waals surface area contributed by atoms with Gasteiger partial charge in [-0.3, -0.25) is 9.59 Å². The Labute approximate surface area is 128 Å². The average Bonchev–Trinajstić information content (AvgIpc) is 2.42. The predicted molar refractivity (Wildman–Crippen MR) is 87.5 cm³/mol. The van der Waals surface area contributed by atoms with Gasteiger partial charge in [0.25, 0.3) is 0 Å². The van der Waals surface area contributed by atoms with Gasteiger partial charge in [-0.2, -0.15) is 0 Å². The van der Waals surface area contributed by atoms with Gasteiger partial charge in [0.1, 0.15) is 0 Å². The number of benzene rings is 1. The molecule has 0 bridgehead atoms. The fraction of sp³-hybridized carbons (Fsp3) is 0.250. The van der Waals surface area contributed by atoms with Crippen molar-refractivity contribution in [2.45, 2.75) is 23.6 Å². The van der Waals surface area contributed by atoms with Gasteiger partial charge >= 0.3 is 0 Å². The van der Waals surface area contributed by atoms with Crippen LogP contribution in [0.3, 0.4) is 0 Å². The molecule has 0 atom stereocenters. The summed E-state index contributed by atoms with van der Waals surface area (Å²) in [6, 6.07) is 7.78. The van der Waals surface area contributed by atoms with Crippen molar-refractivity contribution in [3.8, 4) is 0 Å². The smallest absolute Gasteiger partial charge is 0.168 e. The van der Waals surface area contributed by atoms with Crippen LogP contribution in [0.15, 0.2) is 58.4 Å². The molecule has 0 radical (unpaired) electrons. The van der Waals surface area contributed by atoms with Gasteiger partial charge in [-0.05, 0) is 37.1 Å². The van der Waals surface area contributed by atoms with Crippen LogP contribution in [0.25, 0.3) is 0 Å². The van der Waals surface area contributed by atoms with Gasteiger partial charge in [-0.25, -0.2) is 0 Å². The molecule has 20 heavy (non-hydrogen) atoms. The second-order valence-corrected chi connectivity index (χ2v) is 6.47. The fourth-order valence-corrected chi connectivity index (χ4v) is 3.41. The first-order valence-electron chi connectivity index (χ1n) is 6.14. The van der Waals surface area contributed by atoms with Crippen molar-refractivity contribution in [1.29, 1.82) is 0 Å². The van der Waals surface area contributed by atoms with Crippen molar-refractivity contribution in [2.24, 2.45) is 0 Å². The van der Waals surface area contributed by atoms with Gasteiger partial charge in [-0.15, -0.1) is 23.5 Å². The standard InChI is InChI=1S/C16H18O2S2/c1-11(2)13(17)9-19-15-7-5-6-8-16(15)20-10-14(18)12(3)4/h5-8H,1,3,9-10H2,2,4H3. The number of allylic oxidation sites excluding steroid dienone is 2. The topological polar surface area (TPSA) is 34.1 Å².